The van der Waals surface area contributed by atoms with Crippen molar-refractivity contribution in [3.05, 3.63) is 32.3 Å². The lowest BCUT2D eigenvalue weighted by molar-refractivity contribution is -0.385. The van der Waals surface area contributed by atoms with Crippen molar-refractivity contribution < 1.29 is 14.4 Å². The first-order valence-electron chi connectivity index (χ1n) is 4.12. The summed E-state index contributed by atoms with van der Waals surface area (Å²) in [6.07, 6.45) is 0. The third-order valence-electron chi connectivity index (χ3n) is 1.82. The second-order valence-corrected chi connectivity index (χ2v) is 3.71. The Morgan fingerprint density at radius 2 is 2.20 bits per heavy atom. The van der Waals surface area contributed by atoms with Gasteiger partial charge in [-0.2, -0.15) is 0 Å². The molecule has 0 aromatic heterocycles. The summed E-state index contributed by atoms with van der Waals surface area (Å²) in [6.45, 7) is 1.87. The number of hydrogen-bond donors (Lipinski definition) is 0. The summed E-state index contributed by atoms with van der Waals surface area (Å²) in [4.78, 5) is 10.1. The van der Waals surface area contributed by atoms with E-state index in [9.17, 15) is 10.1 Å². The Morgan fingerprint density at radius 1 is 1.53 bits per heavy atom. The van der Waals surface area contributed by atoms with Gasteiger partial charge in [0.1, 0.15) is 5.75 Å². The zero-order chi connectivity index (χ0) is 11.4. The summed E-state index contributed by atoms with van der Waals surface area (Å²) < 4.78 is 10.6. The van der Waals surface area contributed by atoms with Crippen LogP contribution in [0.4, 0.5) is 5.69 Å². The van der Waals surface area contributed by atoms with Crippen molar-refractivity contribution in [1.82, 2.24) is 0 Å². The second-order valence-electron chi connectivity index (χ2n) is 2.86. The van der Waals surface area contributed by atoms with Crippen LogP contribution in [0.3, 0.4) is 0 Å². The topological polar surface area (TPSA) is 61.6 Å². The normalized spacial score (nSPS) is 10.1. The van der Waals surface area contributed by atoms with E-state index in [4.69, 9.17) is 9.47 Å². The average molecular weight is 276 g/mol. The Balaban J connectivity index is 3.07. The Morgan fingerprint density at radius 3 is 2.73 bits per heavy atom. The van der Waals surface area contributed by atoms with Crippen LogP contribution in [0.1, 0.15) is 5.56 Å². The fourth-order valence-electron chi connectivity index (χ4n) is 1.02. The SMILES string of the molecule is COCOc1cc([N+](=O)[O-])cc(Br)c1C. The minimum atomic E-state index is -0.468. The third-order valence-corrected chi connectivity index (χ3v) is 2.65. The standard InChI is InChI=1S/C9H10BrNO4/c1-6-8(10)3-7(11(12)13)4-9(6)15-5-14-2/h3-4H,5H2,1-2H3. The van der Waals surface area contributed by atoms with Crippen molar-refractivity contribution in [2.45, 2.75) is 6.92 Å². The number of methoxy groups -OCH3 is 1. The van der Waals surface area contributed by atoms with Gasteiger partial charge in [0.15, 0.2) is 6.79 Å². The zero-order valence-electron chi connectivity index (χ0n) is 8.32. The lowest BCUT2D eigenvalue weighted by Crippen LogP contribution is -2.01. The molecule has 82 valence electrons. The van der Waals surface area contributed by atoms with Gasteiger partial charge in [-0.3, -0.25) is 10.1 Å². The molecule has 0 bridgehead atoms. The van der Waals surface area contributed by atoms with Crippen LogP contribution in [0, 0.1) is 17.0 Å². The molecule has 1 aromatic rings. The van der Waals surface area contributed by atoms with Gasteiger partial charge in [-0.05, 0) is 6.92 Å². The maximum Gasteiger partial charge on any atom is 0.274 e. The fraction of sp³-hybridized carbons (Fsp3) is 0.333. The molecule has 0 aliphatic heterocycles. The minimum absolute atomic E-state index is 0.0152. The number of ether oxygens (including phenoxy) is 2. The Hall–Kier alpha value is -1.14. The van der Waals surface area contributed by atoms with E-state index in [0.29, 0.717) is 10.2 Å². The molecule has 0 saturated heterocycles. The fourth-order valence-corrected chi connectivity index (χ4v) is 1.45. The molecule has 15 heavy (non-hydrogen) atoms. The highest BCUT2D eigenvalue weighted by Gasteiger charge is 2.13. The van der Waals surface area contributed by atoms with Crippen molar-refractivity contribution in [1.29, 1.82) is 0 Å². The van der Waals surface area contributed by atoms with Gasteiger partial charge in [0.05, 0.1) is 11.0 Å². The molecule has 0 unspecified atom stereocenters. The number of halogens is 1. The van der Waals surface area contributed by atoms with Crippen LogP contribution in [0.25, 0.3) is 0 Å². The van der Waals surface area contributed by atoms with Crippen molar-refractivity contribution in [3.8, 4) is 5.75 Å². The van der Waals surface area contributed by atoms with E-state index in [1.54, 1.807) is 6.92 Å². The molecule has 0 spiro atoms. The molecule has 0 atom stereocenters. The predicted molar refractivity (Wildman–Crippen MR) is 58.0 cm³/mol. The molecule has 0 radical (unpaired) electrons. The van der Waals surface area contributed by atoms with Gasteiger partial charge in [-0.15, -0.1) is 0 Å². The van der Waals surface area contributed by atoms with Gasteiger partial charge < -0.3 is 9.47 Å². The van der Waals surface area contributed by atoms with Crippen LogP contribution in [0.2, 0.25) is 0 Å². The third kappa shape index (κ3) is 2.90. The van der Waals surface area contributed by atoms with E-state index in [1.807, 2.05) is 0 Å². The molecular weight excluding hydrogens is 266 g/mol. The number of rotatable bonds is 4. The Labute approximate surface area is 95.3 Å². The van der Waals surface area contributed by atoms with Crippen LogP contribution >= 0.6 is 15.9 Å². The van der Waals surface area contributed by atoms with Gasteiger partial charge in [0, 0.05) is 23.2 Å². The van der Waals surface area contributed by atoms with E-state index in [-0.39, 0.29) is 12.5 Å². The van der Waals surface area contributed by atoms with Gasteiger partial charge in [0.25, 0.3) is 5.69 Å². The van der Waals surface area contributed by atoms with E-state index in [0.717, 1.165) is 5.56 Å². The molecule has 5 nitrogen and oxygen atoms in total. The van der Waals surface area contributed by atoms with E-state index >= 15 is 0 Å². The summed E-state index contributed by atoms with van der Waals surface area (Å²) in [6, 6.07) is 2.81. The molecule has 0 aliphatic rings. The Bertz CT molecular complexity index is 381. The predicted octanol–water partition coefficient (Wildman–Crippen LogP) is 2.65. The molecule has 0 fully saturated rings. The maximum absolute atomic E-state index is 10.6. The number of benzene rings is 1. The molecule has 0 amide bonds. The highest BCUT2D eigenvalue weighted by molar-refractivity contribution is 9.10. The number of non-ortho nitro benzene ring substituents is 1. The smallest absolute Gasteiger partial charge is 0.274 e. The van der Waals surface area contributed by atoms with Gasteiger partial charge in [-0.25, -0.2) is 0 Å². The summed E-state index contributed by atoms with van der Waals surface area (Å²) in [7, 11) is 1.49. The lowest BCUT2D eigenvalue weighted by atomic mass is 10.2. The number of nitro benzene ring substituents is 1. The van der Waals surface area contributed by atoms with Gasteiger partial charge in [-0.1, -0.05) is 15.9 Å². The first kappa shape index (κ1) is 11.9. The number of hydrogen-bond acceptors (Lipinski definition) is 4. The Kier molecular flexibility index (Phi) is 4.05. The van der Waals surface area contributed by atoms with E-state index in [2.05, 4.69) is 15.9 Å². The van der Waals surface area contributed by atoms with Crippen molar-refractivity contribution in [2.75, 3.05) is 13.9 Å². The van der Waals surface area contributed by atoms with Crippen LogP contribution in [0.15, 0.2) is 16.6 Å². The van der Waals surface area contributed by atoms with E-state index in [1.165, 1.54) is 19.2 Å². The van der Waals surface area contributed by atoms with Gasteiger partial charge >= 0.3 is 0 Å². The van der Waals surface area contributed by atoms with Crippen LogP contribution in [-0.2, 0) is 4.74 Å². The van der Waals surface area contributed by atoms with Crippen LogP contribution in [-0.4, -0.2) is 18.8 Å². The lowest BCUT2D eigenvalue weighted by Gasteiger charge is -2.08. The average Bonchev–Trinajstić information content (AvgIpc) is 2.19. The molecule has 0 heterocycles. The number of nitrogens with zero attached hydrogens (tertiary/aromatic N) is 1. The number of nitro groups is 1. The summed E-state index contributed by atoms with van der Waals surface area (Å²) >= 11 is 3.23. The summed E-state index contributed by atoms with van der Waals surface area (Å²) in [5.41, 5.74) is 0.788. The first-order valence-corrected chi connectivity index (χ1v) is 4.92. The van der Waals surface area contributed by atoms with Crippen molar-refractivity contribution >= 4 is 21.6 Å². The summed E-state index contributed by atoms with van der Waals surface area (Å²) in [5, 5.41) is 10.6. The summed E-state index contributed by atoms with van der Waals surface area (Å²) in [5.74, 6) is 0.443. The highest BCUT2D eigenvalue weighted by atomic mass is 79.9. The molecule has 1 aromatic carbocycles. The minimum Gasteiger partial charge on any atom is -0.467 e. The molecule has 1 rings (SSSR count). The largest absolute Gasteiger partial charge is 0.467 e. The molecular formula is C9H10BrNO4. The molecule has 0 N–H and O–H groups in total. The molecule has 0 saturated carbocycles. The van der Waals surface area contributed by atoms with Crippen LogP contribution in [0.5, 0.6) is 5.75 Å². The second kappa shape index (κ2) is 5.09. The van der Waals surface area contributed by atoms with E-state index < -0.39 is 4.92 Å². The quantitative estimate of drug-likeness (QED) is 0.482. The monoisotopic (exact) mass is 275 g/mol. The van der Waals surface area contributed by atoms with Gasteiger partial charge in [0.2, 0.25) is 0 Å². The van der Waals surface area contributed by atoms with Crippen LogP contribution < -0.4 is 4.74 Å². The van der Waals surface area contributed by atoms with Crippen molar-refractivity contribution in [3.63, 3.8) is 0 Å². The first-order chi connectivity index (χ1) is 7.06. The highest BCUT2D eigenvalue weighted by Crippen LogP contribution is 2.31. The molecule has 6 heteroatoms. The maximum atomic E-state index is 10.6. The van der Waals surface area contributed by atoms with Crippen molar-refractivity contribution in [2.24, 2.45) is 0 Å². The molecule has 0 aliphatic carbocycles. The zero-order valence-corrected chi connectivity index (χ0v) is 9.91.